The molecule has 1 aliphatic rings. The van der Waals surface area contributed by atoms with Gasteiger partial charge in [-0.1, -0.05) is 6.07 Å². The number of hydrogen-bond donors (Lipinski definition) is 0. The lowest BCUT2D eigenvalue weighted by molar-refractivity contribution is -0.132. The molecule has 2 heterocycles. The van der Waals surface area contributed by atoms with Crippen LogP contribution >= 0.6 is 11.3 Å². The maximum Gasteiger partial charge on any atom is 0.236 e. The number of anilines is 1. The molecule has 0 aliphatic carbocycles. The average Bonchev–Trinajstić information content (AvgIpc) is 3.22. The predicted molar refractivity (Wildman–Crippen MR) is 111 cm³/mol. The SMILES string of the molecule is CC(=O)c1ccc(N2CCN(C(=O)CN(C)C(C)c3cccs3)CC2)c(F)c1. The monoisotopic (exact) mass is 403 g/mol. The summed E-state index contributed by atoms with van der Waals surface area (Å²) in [6.07, 6.45) is 0. The number of halogens is 1. The number of hydrogen-bond acceptors (Lipinski definition) is 5. The van der Waals surface area contributed by atoms with Crippen molar-refractivity contribution >= 4 is 28.7 Å². The predicted octanol–water partition coefficient (Wildman–Crippen LogP) is 3.43. The van der Waals surface area contributed by atoms with Crippen LogP contribution in [0, 0.1) is 5.82 Å². The van der Waals surface area contributed by atoms with Gasteiger partial charge >= 0.3 is 0 Å². The first-order chi connectivity index (χ1) is 13.4. The molecule has 0 saturated carbocycles. The number of rotatable bonds is 6. The Kier molecular flexibility index (Phi) is 6.46. The maximum absolute atomic E-state index is 14.4. The zero-order chi connectivity index (χ0) is 20.3. The van der Waals surface area contributed by atoms with E-state index < -0.39 is 5.82 Å². The van der Waals surface area contributed by atoms with Crippen LogP contribution in [0.5, 0.6) is 0 Å². The first-order valence-corrected chi connectivity index (χ1v) is 10.3. The van der Waals surface area contributed by atoms with Gasteiger partial charge in [-0.25, -0.2) is 4.39 Å². The van der Waals surface area contributed by atoms with Gasteiger partial charge in [0.1, 0.15) is 5.82 Å². The van der Waals surface area contributed by atoms with E-state index in [1.165, 1.54) is 17.9 Å². The van der Waals surface area contributed by atoms with Gasteiger partial charge in [0.05, 0.1) is 12.2 Å². The molecule has 5 nitrogen and oxygen atoms in total. The number of carbonyl (C=O) groups excluding carboxylic acids is 2. The fourth-order valence-electron chi connectivity index (χ4n) is 3.38. The zero-order valence-corrected chi connectivity index (χ0v) is 17.3. The Bertz CT molecular complexity index is 832. The Morgan fingerprint density at radius 3 is 2.50 bits per heavy atom. The van der Waals surface area contributed by atoms with Gasteiger partial charge < -0.3 is 9.80 Å². The molecule has 1 aliphatic heterocycles. The number of likely N-dealkylation sites (N-methyl/N-ethyl adjacent to an activating group) is 1. The number of amides is 1. The summed E-state index contributed by atoms with van der Waals surface area (Å²) in [6.45, 7) is 6.17. The molecule has 0 radical (unpaired) electrons. The van der Waals surface area contributed by atoms with Crippen molar-refractivity contribution in [2.45, 2.75) is 19.9 Å². The van der Waals surface area contributed by atoms with E-state index >= 15 is 0 Å². The lowest BCUT2D eigenvalue weighted by atomic mass is 10.1. The molecule has 1 unspecified atom stereocenters. The van der Waals surface area contributed by atoms with Crippen molar-refractivity contribution in [3.05, 3.63) is 52.0 Å². The molecule has 0 bridgehead atoms. The van der Waals surface area contributed by atoms with E-state index in [0.29, 0.717) is 44.0 Å². The summed E-state index contributed by atoms with van der Waals surface area (Å²) in [4.78, 5) is 31.1. The lowest BCUT2D eigenvalue weighted by Gasteiger charge is -2.37. The largest absolute Gasteiger partial charge is 0.366 e. The van der Waals surface area contributed by atoms with Gasteiger partial charge in [-0.05, 0) is 50.5 Å². The standard InChI is InChI=1S/C21H26FN3O2S/c1-15(20-5-4-12-28-20)23(3)14-21(27)25-10-8-24(9-11-25)19-7-6-17(16(2)26)13-18(19)22/h4-7,12-13,15H,8-11,14H2,1-3H3. The van der Waals surface area contributed by atoms with Crippen LogP contribution < -0.4 is 4.90 Å². The van der Waals surface area contributed by atoms with Gasteiger partial charge in [0.25, 0.3) is 0 Å². The summed E-state index contributed by atoms with van der Waals surface area (Å²) in [6, 6.07) is 8.89. The van der Waals surface area contributed by atoms with Crippen molar-refractivity contribution in [3.63, 3.8) is 0 Å². The van der Waals surface area contributed by atoms with Crippen LogP contribution in [0.1, 0.15) is 35.1 Å². The minimum absolute atomic E-state index is 0.0953. The molecule has 150 valence electrons. The second kappa shape index (κ2) is 8.84. The van der Waals surface area contributed by atoms with Crippen LogP contribution in [0.2, 0.25) is 0 Å². The first-order valence-electron chi connectivity index (χ1n) is 9.43. The van der Waals surface area contributed by atoms with Gasteiger partial charge in [-0.15, -0.1) is 11.3 Å². The van der Waals surface area contributed by atoms with Crippen LogP contribution in [0.25, 0.3) is 0 Å². The van der Waals surface area contributed by atoms with Crippen molar-refractivity contribution < 1.29 is 14.0 Å². The van der Waals surface area contributed by atoms with Crippen LogP contribution in [-0.2, 0) is 4.79 Å². The van der Waals surface area contributed by atoms with Gasteiger partial charge in [-0.2, -0.15) is 0 Å². The van der Waals surface area contributed by atoms with E-state index in [4.69, 9.17) is 0 Å². The van der Waals surface area contributed by atoms with Crippen molar-refractivity contribution in [3.8, 4) is 0 Å². The molecule has 1 saturated heterocycles. The van der Waals surface area contributed by atoms with E-state index in [1.54, 1.807) is 23.5 Å². The van der Waals surface area contributed by atoms with E-state index in [-0.39, 0.29) is 17.7 Å². The van der Waals surface area contributed by atoms with Gasteiger partial charge in [0.15, 0.2) is 5.78 Å². The third-order valence-corrected chi connectivity index (χ3v) is 6.37. The van der Waals surface area contributed by atoms with E-state index in [9.17, 15) is 14.0 Å². The molecule has 1 atom stereocenters. The number of nitrogens with zero attached hydrogens (tertiary/aromatic N) is 3. The van der Waals surface area contributed by atoms with Crippen LogP contribution in [0.3, 0.4) is 0 Å². The molecule has 2 aromatic rings. The fraction of sp³-hybridized carbons (Fsp3) is 0.429. The summed E-state index contributed by atoms with van der Waals surface area (Å²) >= 11 is 1.69. The van der Waals surface area contributed by atoms with Gasteiger partial charge in [0.2, 0.25) is 5.91 Å². The summed E-state index contributed by atoms with van der Waals surface area (Å²) in [7, 11) is 1.96. The normalized spacial score (nSPS) is 15.8. The molecular formula is C21H26FN3O2S. The highest BCUT2D eigenvalue weighted by atomic mass is 32.1. The van der Waals surface area contributed by atoms with Gasteiger partial charge in [0, 0.05) is 42.7 Å². The summed E-state index contributed by atoms with van der Waals surface area (Å²) in [5, 5.41) is 2.04. The lowest BCUT2D eigenvalue weighted by Crippen LogP contribution is -2.51. The first kappa shape index (κ1) is 20.5. The number of ketones is 1. The van der Waals surface area contributed by atoms with E-state index in [1.807, 2.05) is 28.3 Å². The second-order valence-corrected chi connectivity index (χ2v) is 8.18. The van der Waals surface area contributed by atoms with Crippen molar-refractivity contribution in [2.24, 2.45) is 0 Å². The minimum atomic E-state index is -0.392. The molecule has 28 heavy (non-hydrogen) atoms. The Morgan fingerprint density at radius 2 is 1.93 bits per heavy atom. The number of Topliss-reactive ketones (excluding diaryl/α,β-unsaturated/α-hetero) is 1. The highest BCUT2D eigenvalue weighted by Crippen LogP contribution is 2.24. The quantitative estimate of drug-likeness (QED) is 0.693. The van der Waals surface area contributed by atoms with Gasteiger partial charge in [-0.3, -0.25) is 14.5 Å². The highest BCUT2D eigenvalue weighted by Gasteiger charge is 2.25. The number of carbonyl (C=O) groups is 2. The van der Waals surface area contributed by atoms with Crippen LogP contribution in [0.15, 0.2) is 35.7 Å². The molecule has 0 spiro atoms. The number of piperazine rings is 1. The average molecular weight is 404 g/mol. The Morgan fingerprint density at radius 1 is 1.21 bits per heavy atom. The molecule has 1 aromatic carbocycles. The summed E-state index contributed by atoms with van der Waals surface area (Å²) in [5.41, 5.74) is 0.860. The smallest absolute Gasteiger partial charge is 0.236 e. The fourth-order valence-corrected chi connectivity index (χ4v) is 4.22. The van der Waals surface area contributed by atoms with Crippen LogP contribution in [0.4, 0.5) is 10.1 Å². The third-order valence-electron chi connectivity index (χ3n) is 5.33. The third kappa shape index (κ3) is 4.59. The minimum Gasteiger partial charge on any atom is -0.366 e. The molecular weight excluding hydrogens is 377 g/mol. The molecule has 1 aromatic heterocycles. The Hall–Kier alpha value is -2.25. The molecule has 0 N–H and O–H groups in total. The highest BCUT2D eigenvalue weighted by molar-refractivity contribution is 7.10. The topological polar surface area (TPSA) is 43.9 Å². The maximum atomic E-state index is 14.4. The van der Waals surface area contributed by atoms with Crippen LogP contribution in [-0.4, -0.2) is 61.3 Å². The second-order valence-electron chi connectivity index (χ2n) is 7.20. The number of thiophene rings is 1. The molecule has 3 rings (SSSR count). The Balaban J connectivity index is 1.55. The van der Waals surface area contributed by atoms with Crippen molar-refractivity contribution in [1.29, 1.82) is 0 Å². The van der Waals surface area contributed by atoms with E-state index in [0.717, 1.165) is 0 Å². The summed E-state index contributed by atoms with van der Waals surface area (Å²) in [5.74, 6) is -0.447. The molecule has 1 amide bonds. The number of benzene rings is 1. The van der Waals surface area contributed by atoms with E-state index in [2.05, 4.69) is 17.9 Å². The molecule has 1 fully saturated rings. The Labute approximate surface area is 169 Å². The molecule has 7 heteroatoms. The zero-order valence-electron chi connectivity index (χ0n) is 16.5. The van der Waals surface area contributed by atoms with Crippen molar-refractivity contribution in [2.75, 3.05) is 44.7 Å². The summed E-state index contributed by atoms with van der Waals surface area (Å²) < 4.78 is 14.4. The van der Waals surface area contributed by atoms with Crippen molar-refractivity contribution in [1.82, 2.24) is 9.80 Å².